The van der Waals surface area contributed by atoms with E-state index in [1.54, 1.807) is 10.7 Å². The molecule has 31 heavy (non-hydrogen) atoms. The molecule has 0 bridgehead atoms. The van der Waals surface area contributed by atoms with Crippen molar-refractivity contribution in [3.8, 4) is 0 Å². The fourth-order valence-corrected chi connectivity index (χ4v) is 4.56. The first-order valence-corrected chi connectivity index (χ1v) is 11.3. The van der Waals surface area contributed by atoms with Crippen LogP contribution in [0.1, 0.15) is 47.3 Å². The molecule has 1 aromatic carbocycles. The number of β-amino-alcohol motifs (C(OH)–C–C–N with tert-alkyl or cyclic N) is 1. The lowest BCUT2D eigenvalue weighted by Crippen LogP contribution is -2.42. The normalized spacial score (nSPS) is 22.5. The summed E-state index contributed by atoms with van der Waals surface area (Å²) in [5.41, 5.74) is 9.04. The molecule has 1 amide bonds. The minimum absolute atomic E-state index is 0.205. The lowest BCUT2D eigenvalue weighted by atomic mass is 9.92. The Morgan fingerprint density at radius 3 is 2.77 bits per heavy atom. The SMILES string of the molecule is Cn1nc(C(=O)NCC(O)CN2CCc3ccccc3C2)cc1NC1CCC(N)CC1. The third-order valence-electron chi connectivity index (χ3n) is 6.41. The van der Waals surface area contributed by atoms with Crippen LogP contribution in [0.15, 0.2) is 30.3 Å². The zero-order valence-electron chi connectivity index (χ0n) is 18.3. The van der Waals surface area contributed by atoms with Gasteiger partial charge in [-0.3, -0.25) is 14.4 Å². The molecule has 8 nitrogen and oxygen atoms in total. The highest BCUT2D eigenvalue weighted by atomic mass is 16.3. The van der Waals surface area contributed by atoms with Crippen LogP contribution in [0, 0.1) is 0 Å². The molecule has 0 spiro atoms. The fourth-order valence-electron chi connectivity index (χ4n) is 4.56. The van der Waals surface area contributed by atoms with Crippen molar-refractivity contribution in [2.75, 3.05) is 25.0 Å². The molecule has 1 aliphatic carbocycles. The Morgan fingerprint density at radius 2 is 2.00 bits per heavy atom. The Labute approximate surface area is 183 Å². The number of nitrogens with one attached hydrogen (secondary N) is 2. The number of benzene rings is 1. The molecule has 8 heteroatoms. The number of nitrogens with zero attached hydrogens (tertiary/aromatic N) is 3. The van der Waals surface area contributed by atoms with E-state index in [2.05, 4.69) is 44.9 Å². The third kappa shape index (κ3) is 5.64. The maximum absolute atomic E-state index is 12.5. The van der Waals surface area contributed by atoms with Crippen molar-refractivity contribution in [1.82, 2.24) is 20.0 Å². The number of hydrogen-bond acceptors (Lipinski definition) is 6. The summed E-state index contributed by atoms with van der Waals surface area (Å²) in [5.74, 6) is 0.565. The van der Waals surface area contributed by atoms with Gasteiger partial charge in [-0.2, -0.15) is 5.10 Å². The van der Waals surface area contributed by atoms with Gasteiger partial charge in [-0.25, -0.2) is 0 Å². The average molecular weight is 427 g/mol. The molecule has 168 valence electrons. The second kappa shape index (κ2) is 9.80. The Morgan fingerprint density at radius 1 is 1.26 bits per heavy atom. The summed E-state index contributed by atoms with van der Waals surface area (Å²) in [5, 5.41) is 21.1. The topological polar surface area (TPSA) is 108 Å². The molecular formula is C23H34N6O2. The van der Waals surface area contributed by atoms with Crippen LogP contribution in [0.4, 0.5) is 5.82 Å². The highest BCUT2D eigenvalue weighted by Crippen LogP contribution is 2.22. The standard InChI is InChI=1S/C23H34N6O2/c1-28-22(26-19-8-6-18(24)7-9-19)12-21(27-28)23(31)25-13-20(30)15-29-11-10-16-4-2-3-5-17(16)14-29/h2-5,12,18-20,26,30H,6-11,13-15,24H2,1H3,(H,25,31). The molecule has 2 aromatic rings. The second-order valence-electron chi connectivity index (χ2n) is 8.91. The number of anilines is 1. The maximum atomic E-state index is 12.5. The minimum Gasteiger partial charge on any atom is -0.390 e. The Kier molecular flexibility index (Phi) is 6.89. The van der Waals surface area contributed by atoms with Crippen LogP contribution < -0.4 is 16.4 Å². The third-order valence-corrected chi connectivity index (χ3v) is 6.41. The number of fused-ring (bicyclic) bond motifs is 1. The molecule has 0 radical (unpaired) electrons. The fraction of sp³-hybridized carbons (Fsp3) is 0.565. The van der Waals surface area contributed by atoms with Crippen molar-refractivity contribution in [1.29, 1.82) is 0 Å². The molecule has 1 atom stereocenters. The van der Waals surface area contributed by atoms with Crippen LogP contribution in [0.25, 0.3) is 0 Å². The highest BCUT2D eigenvalue weighted by Gasteiger charge is 2.22. The Bertz CT molecular complexity index is 890. The first-order chi connectivity index (χ1) is 15.0. The molecule has 1 saturated carbocycles. The van der Waals surface area contributed by atoms with Gasteiger partial charge >= 0.3 is 0 Å². The number of aliphatic hydroxyl groups is 1. The van der Waals surface area contributed by atoms with Gasteiger partial charge in [0.1, 0.15) is 5.82 Å². The van der Waals surface area contributed by atoms with Gasteiger partial charge < -0.3 is 21.5 Å². The summed E-state index contributed by atoms with van der Waals surface area (Å²) in [7, 11) is 1.83. The first-order valence-electron chi connectivity index (χ1n) is 11.3. The lowest BCUT2D eigenvalue weighted by molar-refractivity contribution is 0.0837. The molecule has 2 heterocycles. The second-order valence-corrected chi connectivity index (χ2v) is 8.91. The van der Waals surface area contributed by atoms with Crippen LogP contribution in [-0.2, 0) is 20.0 Å². The van der Waals surface area contributed by atoms with E-state index < -0.39 is 6.10 Å². The van der Waals surface area contributed by atoms with Crippen molar-refractivity contribution in [2.24, 2.45) is 12.8 Å². The van der Waals surface area contributed by atoms with E-state index in [0.717, 1.165) is 51.0 Å². The number of aromatic nitrogens is 2. The predicted octanol–water partition coefficient (Wildman–Crippen LogP) is 1.25. The van der Waals surface area contributed by atoms with Crippen LogP contribution >= 0.6 is 0 Å². The maximum Gasteiger partial charge on any atom is 0.271 e. The van der Waals surface area contributed by atoms with E-state index in [-0.39, 0.29) is 12.5 Å². The van der Waals surface area contributed by atoms with E-state index in [9.17, 15) is 9.90 Å². The zero-order valence-corrected chi connectivity index (χ0v) is 18.3. The van der Waals surface area contributed by atoms with Crippen LogP contribution in [0.2, 0.25) is 0 Å². The predicted molar refractivity (Wildman–Crippen MR) is 121 cm³/mol. The summed E-state index contributed by atoms with van der Waals surface area (Å²) < 4.78 is 1.70. The van der Waals surface area contributed by atoms with Gasteiger partial charge in [0.25, 0.3) is 5.91 Å². The number of carbonyl (C=O) groups is 1. The van der Waals surface area contributed by atoms with Crippen molar-refractivity contribution >= 4 is 11.7 Å². The number of carbonyl (C=O) groups excluding carboxylic acids is 1. The van der Waals surface area contributed by atoms with Gasteiger partial charge in [-0.15, -0.1) is 0 Å². The molecule has 4 rings (SSSR count). The highest BCUT2D eigenvalue weighted by molar-refractivity contribution is 5.93. The van der Waals surface area contributed by atoms with E-state index >= 15 is 0 Å². The number of hydrogen-bond donors (Lipinski definition) is 4. The van der Waals surface area contributed by atoms with Crippen LogP contribution in [-0.4, -0.2) is 63.5 Å². The van der Waals surface area contributed by atoms with Crippen molar-refractivity contribution < 1.29 is 9.90 Å². The number of aliphatic hydroxyl groups excluding tert-OH is 1. The van der Waals surface area contributed by atoms with Gasteiger partial charge in [0, 0.05) is 51.4 Å². The van der Waals surface area contributed by atoms with Crippen molar-refractivity contribution in [2.45, 2.75) is 56.8 Å². The largest absolute Gasteiger partial charge is 0.390 e. The summed E-state index contributed by atoms with van der Waals surface area (Å²) in [6.45, 7) is 2.50. The first kappa shape index (κ1) is 21.8. The molecule has 1 aromatic heterocycles. The summed E-state index contributed by atoms with van der Waals surface area (Å²) >= 11 is 0. The smallest absolute Gasteiger partial charge is 0.271 e. The molecule has 0 saturated heterocycles. The lowest BCUT2D eigenvalue weighted by Gasteiger charge is -2.30. The van der Waals surface area contributed by atoms with Crippen molar-refractivity contribution in [3.63, 3.8) is 0 Å². The molecule has 5 N–H and O–H groups in total. The van der Waals surface area contributed by atoms with Gasteiger partial charge in [0.05, 0.1) is 6.10 Å². The number of nitrogens with two attached hydrogens (primary N) is 1. The molecule has 2 aliphatic rings. The van der Waals surface area contributed by atoms with Gasteiger partial charge in [0.2, 0.25) is 0 Å². The number of aryl methyl sites for hydroxylation is 1. The molecule has 1 unspecified atom stereocenters. The molecular weight excluding hydrogens is 392 g/mol. The van der Waals surface area contributed by atoms with E-state index in [1.165, 1.54) is 11.1 Å². The molecule has 1 aliphatic heterocycles. The Balaban J connectivity index is 1.24. The minimum atomic E-state index is -0.623. The summed E-state index contributed by atoms with van der Waals surface area (Å²) in [6, 6.07) is 10.9. The average Bonchev–Trinajstić information content (AvgIpc) is 3.14. The van der Waals surface area contributed by atoms with E-state index in [1.807, 2.05) is 7.05 Å². The van der Waals surface area contributed by atoms with Crippen LogP contribution in [0.3, 0.4) is 0 Å². The van der Waals surface area contributed by atoms with E-state index in [0.29, 0.717) is 24.3 Å². The quantitative estimate of drug-likeness (QED) is 0.531. The van der Waals surface area contributed by atoms with Gasteiger partial charge in [-0.1, -0.05) is 24.3 Å². The summed E-state index contributed by atoms with van der Waals surface area (Å²) in [6.07, 6.45) is 4.46. The van der Waals surface area contributed by atoms with E-state index in [4.69, 9.17) is 5.73 Å². The monoisotopic (exact) mass is 426 g/mol. The number of rotatable bonds is 7. The summed E-state index contributed by atoms with van der Waals surface area (Å²) in [4.78, 5) is 14.8. The Hall–Kier alpha value is -2.42. The van der Waals surface area contributed by atoms with Gasteiger partial charge in [-0.05, 0) is 43.2 Å². The zero-order chi connectivity index (χ0) is 21.8. The number of amides is 1. The van der Waals surface area contributed by atoms with Crippen LogP contribution in [0.5, 0.6) is 0 Å². The molecule has 1 fully saturated rings. The van der Waals surface area contributed by atoms with Gasteiger partial charge in [0.15, 0.2) is 5.69 Å². The van der Waals surface area contributed by atoms with Crippen molar-refractivity contribution in [3.05, 3.63) is 47.2 Å².